The minimum absolute atomic E-state index is 0.432. The van der Waals surface area contributed by atoms with Gasteiger partial charge in [0.15, 0.2) is 0 Å². The van der Waals surface area contributed by atoms with Crippen LogP contribution < -0.4 is 4.74 Å². The van der Waals surface area contributed by atoms with Crippen molar-refractivity contribution in [3.05, 3.63) is 52.8 Å². The highest BCUT2D eigenvalue weighted by Gasteiger charge is 2.25. The van der Waals surface area contributed by atoms with Gasteiger partial charge in [-0.3, -0.25) is 9.80 Å². The van der Waals surface area contributed by atoms with Crippen molar-refractivity contribution in [3.8, 4) is 5.75 Å². The SMILES string of the molecule is C=CS/C(=C/C=O)C(=NN(C)CC)c1ccc(OCCCN2CCCC(C)(C)C2)cc1. The smallest absolute Gasteiger partial charge is 0.144 e. The van der Waals surface area contributed by atoms with Crippen LogP contribution in [0.4, 0.5) is 0 Å². The average Bonchev–Trinajstić information content (AvgIpc) is 2.75. The van der Waals surface area contributed by atoms with Crippen LogP contribution in [-0.2, 0) is 4.79 Å². The monoisotopic (exact) mass is 443 g/mol. The van der Waals surface area contributed by atoms with Gasteiger partial charge in [-0.1, -0.05) is 32.2 Å². The van der Waals surface area contributed by atoms with Gasteiger partial charge in [0.05, 0.1) is 6.61 Å². The zero-order chi connectivity index (χ0) is 22.7. The lowest BCUT2D eigenvalue weighted by Gasteiger charge is -2.38. The lowest BCUT2D eigenvalue weighted by atomic mass is 9.84. The summed E-state index contributed by atoms with van der Waals surface area (Å²) in [5.41, 5.74) is 2.12. The minimum Gasteiger partial charge on any atom is -0.494 e. The van der Waals surface area contributed by atoms with Crippen molar-refractivity contribution >= 4 is 23.8 Å². The third-order valence-electron chi connectivity index (χ3n) is 5.39. The van der Waals surface area contributed by atoms with Gasteiger partial charge in [0.25, 0.3) is 0 Å². The number of aldehydes is 1. The molecule has 1 heterocycles. The summed E-state index contributed by atoms with van der Waals surface area (Å²) in [6.07, 6.45) is 5.95. The molecule has 1 aliphatic heterocycles. The third-order valence-corrected chi connectivity index (χ3v) is 6.14. The number of benzene rings is 1. The summed E-state index contributed by atoms with van der Waals surface area (Å²) in [7, 11) is 1.91. The van der Waals surface area contributed by atoms with Crippen LogP contribution in [0.15, 0.2) is 52.3 Å². The summed E-state index contributed by atoms with van der Waals surface area (Å²) in [6, 6.07) is 7.93. The van der Waals surface area contributed by atoms with Gasteiger partial charge >= 0.3 is 0 Å². The number of likely N-dealkylation sites (tertiary alicyclic amines) is 1. The Labute approximate surface area is 192 Å². The zero-order valence-corrected chi connectivity index (χ0v) is 20.3. The van der Waals surface area contributed by atoms with Gasteiger partial charge in [-0.2, -0.15) is 5.10 Å². The number of hydrogen-bond donors (Lipinski definition) is 0. The molecule has 0 aliphatic carbocycles. The van der Waals surface area contributed by atoms with Crippen molar-refractivity contribution in [2.45, 2.75) is 40.0 Å². The molecule has 0 bridgehead atoms. The topological polar surface area (TPSA) is 45.1 Å². The molecular formula is C25H37N3O2S. The zero-order valence-electron chi connectivity index (χ0n) is 19.5. The highest BCUT2D eigenvalue weighted by molar-refractivity contribution is 8.06. The first-order chi connectivity index (χ1) is 14.9. The Morgan fingerprint density at radius 3 is 2.71 bits per heavy atom. The normalized spacial score (nSPS) is 17.3. The van der Waals surface area contributed by atoms with E-state index in [0.29, 0.717) is 12.0 Å². The van der Waals surface area contributed by atoms with Crippen molar-refractivity contribution in [1.29, 1.82) is 0 Å². The summed E-state index contributed by atoms with van der Waals surface area (Å²) >= 11 is 1.39. The fourth-order valence-corrected chi connectivity index (χ4v) is 4.32. The molecule has 0 aromatic heterocycles. The summed E-state index contributed by atoms with van der Waals surface area (Å²) in [5, 5.41) is 8.24. The van der Waals surface area contributed by atoms with E-state index in [4.69, 9.17) is 4.74 Å². The first-order valence-electron chi connectivity index (χ1n) is 11.1. The lowest BCUT2D eigenvalue weighted by molar-refractivity contribution is -0.104. The first-order valence-corrected chi connectivity index (χ1v) is 11.9. The van der Waals surface area contributed by atoms with Crippen LogP contribution in [0, 0.1) is 5.41 Å². The van der Waals surface area contributed by atoms with Crippen molar-refractivity contribution in [2.75, 3.05) is 39.8 Å². The molecule has 0 unspecified atom stereocenters. The van der Waals surface area contributed by atoms with E-state index in [-0.39, 0.29) is 0 Å². The van der Waals surface area contributed by atoms with Crippen LogP contribution in [0.3, 0.4) is 0 Å². The van der Waals surface area contributed by atoms with E-state index < -0.39 is 0 Å². The molecular weight excluding hydrogens is 406 g/mol. The molecule has 1 saturated heterocycles. The number of allylic oxidation sites excluding steroid dienone is 2. The molecule has 0 radical (unpaired) electrons. The van der Waals surface area contributed by atoms with E-state index >= 15 is 0 Å². The van der Waals surface area contributed by atoms with Crippen LogP contribution >= 0.6 is 11.8 Å². The highest BCUT2D eigenvalue weighted by atomic mass is 32.2. The summed E-state index contributed by atoms with van der Waals surface area (Å²) < 4.78 is 5.97. The van der Waals surface area contributed by atoms with Crippen molar-refractivity contribution < 1.29 is 9.53 Å². The molecule has 0 N–H and O–H groups in total. The van der Waals surface area contributed by atoms with E-state index in [0.717, 1.165) is 47.7 Å². The summed E-state index contributed by atoms with van der Waals surface area (Å²) in [4.78, 5) is 14.4. The maximum absolute atomic E-state index is 11.1. The van der Waals surface area contributed by atoms with E-state index in [9.17, 15) is 4.79 Å². The van der Waals surface area contributed by atoms with Crippen molar-refractivity contribution in [2.24, 2.45) is 10.5 Å². The lowest BCUT2D eigenvalue weighted by Crippen LogP contribution is -2.40. The van der Waals surface area contributed by atoms with Gasteiger partial charge in [0, 0.05) is 37.2 Å². The highest BCUT2D eigenvalue weighted by Crippen LogP contribution is 2.28. The predicted molar refractivity (Wildman–Crippen MR) is 133 cm³/mol. The molecule has 31 heavy (non-hydrogen) atoms. The fourth-order valence-electron chi connectivity index (χ4n) is 3.74. The molecule has 5 nitrogen and oxygen atoms in total. The van der Waals surface area contributed by atoms with E-state index in [1.54, 1.807) is 5.41 Å². The molecule has 170 valence electrons. The Morgan fingerprint density at radius 1 is 1.35 bits per heavy atom. The molecule has 0 amide bonds. The Morgan fingerprint density at radius 2 is 2.10 bits per heavy atom. The van der Waals surface area contributed by atoms with Gasteiger partial charge in [-0.15, -0.1) is 0 Å². The number of hydrogen-bond acceptors (Lipinski definition) is 6. The molecule has 0 atom stereocenters. The number of piperidine rings is 1. The second-order valence-electron chi connectivity index (χ2n) is 8.64. The van der Waals surface area contributed by atoms with E-state index in [2.05, 4.69) is 30.4 Å². The molecule has 0 spiro atoms. The van der Waals surface area contributed by atoms with Gasteiger partial charge in [-0.25, -0.2) is 0 Å². The van der Waals surface area contributed by atoms with Crippen LogP contribution in [0.2, 0.25) is 0 Å². The van der Waals surface area contributed by atoms with Crippen molar-refractivity contribution in [1.82, 2.24) is 9.91 Å². The average molecular weight is 444 g/mol. The fraction of sp³-hybridized carbons (Fsp3) is 0.520. The Kier molecular flexibility index (Phi) is 10.3. The molecule has 2 rings (SSSR count). The van der Waals surface area contributed by atoms with E-state index in [1.807, 2.05) is 43.2 Å². The molecule has 1 aliphatic rings. The van der Waals surface area contributed by atoms with Crippen LogP contribution in [0.25, 0.3) is 0 Å². The molecule has 1 aromatic carbocycles. The number of ether oxygens (including phenoxy) is 1. The van der Waals surface area contributed by atoms with Crippen molar-refractivity contribution in [3.63, 3.8) is 0 Å². The maximum Gasteiger partial charge on any atom is 0.144 e. The summed E-state index contributed by atoms with van der Waals surface area (Å²) in [5.74, 6) is 0.850. The second kappa shape index (κ2) is 12.7. The number of rotatable bonds is 12. The Balaban J connectivity index is 1.97. The largest absolute Gasteiger partial charge is 0.494 e. The van der Waals surface area contributed by atoms with Crippen LogP contribution in [0.1, 0.15) is 45.6 Å². The molecule has 1 fully saturated rings. The Hall–Kier alpha value is -2.05. The number of thioether (sulfide) groups is 1. The van der Waals surface area contributed by atoms with Crippen LogP contribution in [0.5, 0.6) is 5.75 Å². The van der Waals surface area contributed by atoms with Gasteiger partial charge in [0.2, 0.25) is 0 Å². The number of carbonyl (C=O) groups is 1. The molecule has 6 heteroatoms. The Bertz CT molecular complexity index is 771. The number of nitrogens with zero attached hydrogens (tertiary/aromatic N) is 3. The minimum atomic E-state index is 0.432. The standard InChI is InChI=1S/C25H37N3O2S/c1-6-27(5)26-24(23(14-18-29)31-7-2)21-10-12-22(13-11-21)30-19-9-17-28-16-8-15-25(3,4)20-28/h7,10-14,18H,2,6,8-9,15-17,19-20H2,1,3-5H3/b23-14+,26-24?. The third kappa shape index (κ3) is 8.54. The first kappa shape index (κ1) is 25.2. The summed E-state index contributed by atoms with van der Waals surface area (Å²) in [6.45, 7) is 15.5. The van der Waals surface area contributed by atoms with Gasteiger partial charge in [-0.05, 0) is 73.9 Å². The quantitative estimate of drug-likeness (QED) is 0.146. The second-order valence-corrected chi connectivity index (χ2v) is 9.65. The van der Waals surface area contributed by atoms with Gasteiger partial charge < -0.3 is 9.64 Å². The predicted octanol–water partition coefficient (Wildman–Crippen LogP) is 5.19. The molecule has 1 aromatic rings. The number of carbonyl (C=O) groups excluding carboxylic acids is 1. The van der Waals surface area contributed by atoms with Crippen LogP contribution in [-0.4, -0.2) is 61.7 Å². The molecule has 0 saturated carbocycles. The van der Waals surface area contributed by atoms with Gasteiger partial charge in [0.1, 0.15) is 17.7 Å². The number of hydrazone groups is 1. The maximum atomic E-state index is 11.1. The van der Waals surface area contributed by atoms with E-state index in [1.165, 1.54) is 43.8 Å².